The van der Waals surface area contributed by atoms with E-state index in [1.54, 1.807) is 18.6 Å². The molecule has 0 fully saturated rings. The number of rotatable bonds is 4. The Morgan fingerprint density at radius 2 is 2.21 bits per heavy atom. The minimum absolute atomic E-state index is 0.418. The maximum atomic E-state index is 5.62. The molecular weight excluding hydrogens is 260 g/mol. The SMILES string of the molecule is ClCCC#Cc1cncc(OCc2ccccn2)c1. The largest absolute Gasteiger partial charge is 0.486 e. The van der Waals surface area contributed by atoms with Gasteiger partial charge in [-0.2, -0.15) is 0 Å². The molecule has 0 bridgehead atoms. The molecule has 19 heavy (non-hydrogen) atoms. The molecule has 0 N–H and O–H groups in total. The zero-order valence-electron chi connectivity index (χ0n) is 10.3. The van der Waals surface area contributed by atoms with E-state index in [1.165, 1.54) is 0 Å². The molecule has 2 heterocycles. The Morgan fingerprint density at radius 1 is 1.26 bits per heavy atom. The van der Waals surface area contributed by atoms with Crippen molar-refractivity contribution in [2.24, 2.45) is 0 Å². The van der Waals surface area contributed by atoms with Crippen LogP contribution in [0.1, 0.15) is 17.7 Å². The molecule has 0 radical (unpaired) electrons. The lowest BCUT2D eigenvalue weighted by molar-refractivity contribution is 0.300. The van der Waals surface area contributed by atoms with E-state index in [2.05, 4.69) is 21.8 Å². The van der Waals surface area contributed by atoms with E-state index in [0.717, 1.165) is 11.3 Å². The van der Waals surface area contributed by atoms with Crippen molar-refractivity contribution in [2.75, 3.05) is 5.88 Å². The van der Waals surface area contributed by atoms with Crippen molar-refractivity contribution in [1.29, 1.82) is 0 Å². The van der Waals surface area contributed by atoms with Crippen LogP contribution in [0.3, 0.4) is 0 Å². The van der Waals surface area contributed by atoms with Crippen LogP contribution < -0.4 is 4.74 Å². The smallest absolute Gasteiger partial charge is 0.139 e. The van der Waals surface area contributed by atoms with Crippen molar-refractivity contribution in [3.8, 4) is 17.6 Å². The van der Waals surface area contributed by atoms with Gasteiger partial charge in [-0.3, -0.25) is 9.97 Å². The molecule has 0 saturated carbocycles. The third-order valence-electron chi connectivity index (χ3n) is 2.28. The average molecular weight is 273 g/mol. The lowest BCUT2D eigenvalue weighted by atomic mass is 10.2. The van der Waals surface area contributed by atoms with Crippen molar-refractivity contribution in [3.05, 3.63) is 54.1 Å². The van der Waals surface area contributed by atoms with Gasteiger partial charge in [-0.15, -0.1) is 11.6 Å². The molecule has 0 unspecified atom stereocenters. The summed E-state index contributed by atoms with van der Waals surface area (Å²) in [6, 6.07) is 7.57. The highest BCUT2D eigenvalue weighted by Gasteiger charge is 1.98. The Bertz CT molecular complexity index is 575. The van der Waals surface area contributed by atoms with Gasteiger partial charge >= 0.3 is 0 Å². The summed E-state index contributed by atoms with van der Waals surface area (Å²) >= 11 is 5.57. The molecule has 2 rings (SSSR count). The fourth-order valence-corrected chi connectivity index (χ4v) is 1.51. The maximum Gasteiger partial charge on any atom is 0.139 e. The molecule has 0 saturated heterocycles. The molecule has 0 aliphatic rings. The molecule has 0 atom stereocenters. The maximum absolute atomic E-state index is 5.62. The van der Waals surface area contributed by atoms with Gasteiger partial charge in [0.15, 0.2) is 0 Å². The van der Waals surface area contributed by atoms with Crippen LogP contribution in [0.4, 0.5) is 0 Å². The number of pyridine rings is 2. The van der Waals surface area contributed by atoms with Crippen molar-refractivity contribution >= 4 is 11.6 Å². The molecule has 3 nitrogen and oxygen atoms in total. The summed E-state index contributed by atoms with van der Waals surface area (Å²) in [5.41, 5.74) is 1.70. The van der Waals surface area contributed by atoms with E-state index in [1.807, 2.05) is 24.3 Å². The summed E-state index contributed by atoms with van der Waals surface area (Å²) in [5, 5.41) is 0. The van der Waals surface area contributed by atoms with Gasteiger partial charge in [-0.05, 0) is 18.2 Å². The van der Waals surface area contributed by atoms with Gasteiger partial charge in [0.2, 0.25) is 0 Å². The van der Waals surface area contributed by atoms with Gasteiger partial charge < -0.3 is 4.74 Å². The predicted molar refractivity (Wildman–Crippen MR) is 75.0 cm³/mol. The van der Waals surface area contributed by atoms with Crippen LogP contribution in [0.2, 0.25) is 0 Å². The van der Waals surface area contributed by atoms with Gasteiger partial charge in [0.05, 0.1) is 11.9 Å². The second kappa shape index (κ2) is 7.40. The fraction of sp³-hybridized carbons (Fsp3) is 0.200. The van der Waals surface area contributed by atoms with E-state index >= 15 is 0 Å². The first-order valence-electron chi connectivity index (χ1n) is 5.91. The number of hydrogen-bond donors (Lipinski definition) is 0. The Labute approximate surface area is 117 Å². The van der Waals surface area contributed by atoms with Crippen LogP contribution in [0.5, 0.6) is 5.75 Å². The van der Waals surface area contributed by atoms with E-state index in [0.29, 0.717) is 24.7 Å². The highest BCUT2D eigenvalue weighted by Crippen LogP contribution is 2.12. The average Bonchev–Trinajstić information content (AvgIpc) is 2.47. The Morgan fingerprint density at radius 3 is 3.00 bits per heavy atom. The molecule has 0 aliphatic carbocycles. The number of hydrogen-bond acceptors (Lipinski definition) is 3. The number of ether oxygens (including phenoxy) is 1. The van der Waals surface area contributed by atoms with Crippen LogP contribution >= 0.6 is 11.6 Å². The second-order valence-electron chi connectivity index (χ2n) is 3.76. The third-order valence-corrected chi connectivity index (χ3v) is 2.47. The minimum Gasteiger partial charge on any atom is -0.486 e. The lowest BCUT2D eigenvalue weighted by Gasteiger charge is -2.05. The third kappa shape index (κ3) is 4.61. The molecule has 0 aromatic carbocycles. The van der Waals surface area contributed by atoms with Crippen molar-refractivity contribution in [1.82, 2.24) is 9.97 Å². The molecular formula is C15H13ClN2O. The molecule has 2 aromatic rings. The summed E-state index contributed by atoms with van der Waals surface area (Å²) in [6.45, 7) is 0.418. The standard InChI is InChI=1S/C15H13ClN2O/c16-7-3-1-5-13-9-15(11-17-10-13)19-12-14-6-2-4-8-18-14/h2,4,6,8-11H,3,7,12H2. The molecule has 0 aliphatic heterocycles. The number of nitrogens with zero attached hydrogens (tertiary/aromatic N) is 2. The topological polar surface area (TPSA) is 35.0 Å². The molecule has 4 heteroatoms. The monoisotopic (exact) mass is 272 g/mol. The number of alkyl halides is 1. The van der Waals surface area contributed by atoms with E-state index in [-0.39, 0.29) is 0 Å². The summed E-state index contributed by atoms with van der Waals surface area (Å²) in [6.07, 6.45) is 5.77. The van der Waals surface area contributed by atoms with E-state index in [4.69, 9.17) is 16.3 Å². The van der Waals surface area contributed by atoms with Gasteiger partial charge in [-0.25, -0.2) is 0 Å². The predicted octanol–water partition coefficient (Wildman–Crippen LogP) is 3.04. The van der Waals surface area contributed by atoms with Crippen molar-refractivity contribution in [2.45, 2.75) is 13.0 Å². The molecule has 0 spiro atoms. The summed E-state index contributed by atoms with van der Waals surface area (Å²) in [4.78, 5) is 8.28. The quantitative estimate of drug-likeness (QED) is 0.634. The Hall–Kier alpha value is -2.05. The van der Waals surface area contributed by atoms with Gasteiger partial charge in [0.1, 0.15) is 12.4 Å². The van der Waals surface area contributed by atoms with Crippen LogP contribution in [0.15, 0.2) is 42.9 Å². The highest BCUT2D eigenvalue weighted by molar-refractivity contribution is 6.18. The molecule has 96 valence electrons. The Kier molecular flexibility index (Phi) is 5.21. The zero-order chi connectivity index (χ0) is 13.3. The van der Waals surface area contributed by atoms with Crippen LogP contribution in [-0.2, 0) is 6.61 Å². The number of aromatic nitrogens is 2. The van der Waals surface area contributed by atoms with Gasteiger partial charge in [0, 0.05) is 30.3 Å². The van der Waals surface area contributed by atoms with Crippen LogP contribution in [-0.4, -0.2) is 15.8 Å². The fourth-order valence-electron chi connectivity index (χ4n) is 1.42. The summed E-state index contributed by atoms with van der Waals surface area (Å²) in [7, 11) is 0. The van der Waals surface area contributed by atoms with E-state index < -0.39 is 0 Å². The van der Waals surface area contributed by atoms with Crippen molar-refractivity contribution in [3.63, 3.8) is 0 Å². The number of halogens is 1. The zero-order valence-corrected chi connectivity index (χ0v) is 11.1. The minimum atomic E-state index is 0.418. The van der Waals surface area contributed by atoms with Gasteiger partial charge in [0.25, 0.3) is 0 Å². The van der Waals surface area contributed by atoms with Gasteiger partial charge in [-0.1, -0.05) is 17.9 Å². The lowest BCUT2D eigenvalue weighted by Crippen LogP contribution is -1.98. The first-order valence-corrected chi connectivity index (χ1v) is 6.44. The first-order chi connectivity index (χ1) is 9.38. The van der Waals surface area contributed by atoms with Crippen molar-refractivity contribution < 1.29 is 4.74 Å². The summed E-state index contributed by atoms with van der Waals surface area (Å²) in [5.74, 6) is 7.18. The second-order valence-corrected chi connectivity index (χ2v) is 4.14. The highest BCUT2D eigenvalue weighted by atomic mass is 35.5. The molecule has 0 amide bonds. The normalized spacial score (nSPS) is 9.53. The van der Waals surface area contributed by atoms with Crippen LogP contribution in [0, 0.1) is 11.8 Å². The Balaban J connectivity index is 1.98. The summed E-state index contributed by atoms with van der Waals surface area (Å²) < 4.78 is 5.62. The van der Waals surface area contributed by atoms with E-state index in [9.17, 15) is 0 Å². The first kappa shape index (κ1) is 13.4. The molecule has 2 aromatic heterocycles. The van der Waals surface area contributed by atoms with Crippen LogP contribution in [0.25, 0.3) is 0 Å².